The van der Waals surface area contributed by atoms with Gasteiger partial charge in [-0.05, 0) is 39.0 Å². The second-order valence-electron chi connectivity index (χ2n) is 5.90. The standard InChI is InChI=1S/C15H28N4O2/c1-2-16-15(19-10-7-13(20)8-11-19)17-9-3-4-14(21)18-12-5-6-12/h12-13,20H,2-11H2,1H3,(H,16,17)(H,18,21). The zero-order chi connectivity index (χ0) is 15.1. The van der Waals surface area contributed by atoms with Gasteiger partial charge in [0.05, 0.1) is 6.10 Å². The van der Waals surface area contributed by atoms with Crippen LogP contribution in [0.2, 0.25) is 0 Å². The quantitative estimate of drug-likeness (QED) is 0.378. The van der Waals surface area contributed by atoms with Crippen molar-refractivity contribution in [2.45, 2.75) is 57.6 Å². The molecule has 1 amide bonds. The third-order valence-electron chi connectivity index (χ3n) is 3.86. The molecule has 2 fully saturated rings. The summed E-state index contributed by atoms with van der Waals surface area (Å²) >= 11 is 0. The van der Waals surface area contributed by atoms with Crippen LogP contribution >= 0.6 is 0 Å². The minimum Gasteiger partial charge on any atom is -0.393 e. The molecule has 0 aromatic heterocycles. The Hall–Kier alpha value is -1.30. The smallest absolute Gasteiger partial charge is 0.220 e. The van der Waals surface area contributed by atoms with Crippen molar-refractivity contribution in [3.05, 3.63) is 0 Å². The maximum Gasteiger partial charge on any atom is 0.220 e. The topological polar surface area (TPSA) is 77.0 Å². The summed E-state index contributed by atoms with van der Waals surface area (Å²) in [5.74, 6) is 1.06. The Morgan fingerprint density at radius 1 is 1.29 bits per heavy atom. The van der Waals surface area contributed by atoms with E-state index in [-0.39, 0.29) is 12.0 Å². The van der Waals surface area contributed by atoms with Crippen molar-refractivity contribution in [1.29, 1.82) is 0 Å². The minimum atomic E-state index is -0.171. The van der Waals surface area contributed by atoms with Gasteiger partial charge in [-0.25, -0.2) is 0 Å². The zero-order valence-electron chi connectivity index (χ0n) is 13.0. The molecule has 2 rings (SSSR count). The highest BCUT2D eigenvalue weighted by atomic mass is 16.3. The van der Waals surface area contributed by atoms with Gasteiger partial charge in [-0.2, -0.15) is 0 Å². The molecule has 120 valence electrons. The van der Waals surface area contributed by atoms with E-state index in [2.05, 4.69) is 27.4 Å². The maximum absolute atomic E-state index is 11.6. The second-order valence-corrected chi connectivity index (χ2v) is 5.90. The Balaban J connectivity index is 1.70. The van der Waals surface area contributed by atoms with E-state index in [0.29, 0.717) is 19.0 Å². The number of hydrogen-bond donors (Lipinski definition) is 3. The van der Waals surface area contributed by atoms with Crippen molar-refractivity contribution in [2.24, 2.45) is 4.99 Å². The average molecular weight is 296 g/mol. The van der Waals surface area contributed by atoms with Crippen molar-refractivity contribution in [1.82, 2.24) is 15.5 Å². The summed E-state index contributed by atoms with van der Waals surface area (Å²) < 4.78 is 0. The van der Waals surface area contributed by atoms with Crippen LogP contribution in [0.15, 0.2) is 4.99 Å². The molecular formula is C15H28N4O2. The molecule has 1 aliphatic carbocycles. The molecule has 6 nitrogen and oxygen atoms in total. The number of rotatable bonds is 6. The molecule has 0 aromatic rings. The number of guanidine groups is 1. The van der Waals surface area contributed by atoms with E-state index in [1.54, 1.807) is 0 Å². The number of nitrogens with zero attached hydrogens (tertiary/aromatic N) is 2. The van der Waals surface area contributed by atoms with Gasteiger partial charge in [-0.1, -0.05) is 0 Å². The Bertz CT molecular complexity index is 361. The molecule has 2 aliphatic rings. The number of carbonyl (C=O) groups is 1. The highest BCUT2D eigenvalue weighted by molar-refractivity contribution is 5.80. The van der Waals surface area contributed by atoms with E-state index in [1.165, 1.54) is 0 Å². The minimum absolute atomic E-state index is 0.152. The Kier molecular flexibility index (Phi) is 6.29. The van der Waals surface area contributed by atoms with Crippen LogP contribution in [-0.2, 0) is 4.79 Å². The fourth-order valence-corrected chi connectivity index (χ4v) is 2.46. The van der Waals surface area contributed by atoms with E-state index in [1.807, 2.05) is 0 Å². The van der Waals surface area contributed by atoms with E-state index >= 15 is 0 Å². The summed E-state index contributed by atoms with van der Waals surface area (Å²) in [6.45, 7) is 5.24. The third-order valence-corrected chi connectivity index (χ3v) is 3.86. The molecule has 1 saturated heterocycles. The predicted molar refractivity (Wildman–Crippen MR) is 83.2 cm³/mol. The van der Waals surface area contributed by atoms with Crippen LogP contribution in [0.4, 0.5) is 0 Å². The first-order valence-corrected chi connectivity index (χ1v) is 8.19. The zero-order valence-corrected chi connectivity index (χ0v) is 13.0. The largest absolute Gasteiger partial charge is 0.393 e. The Morgan fingerprint density at radius 2 is 2.00 bits per heavy atom. The van der Waals surface area contributed by atoms with Crippen LogP contribution in [0, 0.1) is 0 Å². The summed E-state index contributed by atoms with van der Waals surface area (Å²) in [6, 6.07) is 0.443. The van der Waals surface area contributed by atoms with Crippen LogP contribution in [0.3, 0.4) is 0 Å². The van der Waals surface area contributed by atoms with Gasteiger partial charge in [0.15, 0.2) is 5.96 Å². The molecular weight excluding hydrogens is 268 g/mol. The first-order chi connectivity index (χ1) is 10.2. The first-order valence-electron chi connectivity index (χ1n) is 8.19. The number of aliphatic imine (C=N–C) groups is 1. The molecule has 0 aromatic carbocycles. The van der Waals surface area contributed by atoms with Crippen molar-refractivity contribution in [3.63, 3.8) is 0 Å². The molecule has 3 N–H and O–H groups in total. The van der Waals surface area contributed by atoms with E-state index in [4.69, 9.17) is 0 Å². The molecule has 21 heavy (non-hydrogen) atoms. The number of nitrogens with one attached hydrogen (secondary N) is 2. The number of aliphatic hydroxyl groups excluding tert-OH is 1. The van der Waals surface area contributed by atoms with Crippen LogP contribution in [0.5, 0.6) is 0 Å². The number of carbonyl (C=O) groups excluding carboxylic acids is 1. The van der Waals surface area contributed by atoms with Crippen LogP contribution in [0.25, 0.3) is 0 Å². The summed E-state index contributed by atoms with van der Waals surface area (Å²) in [7, 11) is 0. The van der Waals surface area contributed by atoms with Gasteiger partial charge in [0.1, 0.15) is 0 Å². The van der Waals surface area contributed by atoms with Gasteiger partial charge in [0.2, 0.25) is 5.91 Å². The van der Waals surface area contributed by atoms with Crippen LogP contribution < -0.4 is 10.6 Å². The number of aliphatic hydroxyl groups is 1. The second kappa shape index (κ2) is 8.22. The number of piperidine rings is 1. The molecule has 1 aliphatic heterocycles. The Labute approximate surface area is 127 Å². The fourth-order valence-electron chi connectivity index (χ4n) is 2.46. The lowest BCUT2D eigenvalue weighted by atomic mass is 10.1. The molecule has 0 atom stereocenters. The third kappa shape index (κ3) is 5.91. The maximum atomic E-state index is 11.6. The summed E-state index contributed by atoms with van der Waals surface area (Å²) in [5, 5.41) is 15.8. The molecule has 6 heteroatoms. The first kappa shape index (κ1) is 16.1. The van der Waals surface area contributed by atoms with Gasteiger partial charge in [0, 0.05) is 38.6 Å². The molecule has 1 saturated carbocycles. The van der Waals surface area contributed by atoms with Crippen molar-refractivity contribution in [3.8, 4) is 0 Å². The van der Waals surface area contributed by atoms with Crippen molar-refractivity contribution in [2.75, 3.05) is 26.2 Å². The average Bonchev–Trinajstić information content (AvgIpc) is 3.27. The molecule has 0 radical (unpaired) electrons. The summed E-state index contributed by atoms with van der Waals surface area (Å²) in [6.07, 6.45) is 5.03. The highest BCUT2D eigenvalue weighted by Crippen LogP contribution is 2.18. The van der Waals surface area contributed by atoms with E-state index in [0.717, 1.165) is 57.7 Å². The molecule has 0 unspecified atom stereocenters. The monoisotopic (exact) mass is 296 g/mol. The fraction of sp³-hybridized carbons (Fsp3) is 0.867. The summed E-state index contributed by atoms with van der Waals surface area (Å²) in [4.78, 5) is 18.4. The summed E-state index contributed by atoms with van der Waals surface area (Å²) in [5.41, 5.74) is 0. The van der Waals surface area contributed by atoms with Gasteiger partial charge < -0.3 is 20.6 Å². The molecule has 0 bridgehead atoms. The van der Waals surface area contributed by atoms with Gasteiger partial charge in [-0.15, -0.1) is 0 Å². The SMILES string of the molecule is CCNC(=NCCCC(=O)NC1CC1)N1CCC(O)CC1. The van der Waals surface area contributed by atoms with E-state index in [9.17, 15) is 9.90 Å². The van der Waals surface area contributed by atoms with Gasteiger partial charge in [-0.3, -0.25) is 9.79 Å². The van der Waals surface area contributed by atoms with Crippen molar-refractivity contribution >= 4 is 11.9 Å². The van der Waals surface area contributed by atoms with Crippen LogP contribution in [-0.4, -0.2) is 60.2 Å². The predicted octanol–water partition coefficient (Wildman–Crippen LogP) is 0.467. The van der Waals surface area contributed by atoms with E-state index < -0.39 is 0 Å². The number of likely N-dealkylation sites (tertiary alicyclic amines) is 1. The van der Waals surface area contributed by atoms with Crippen LogP contribution in [0.1, 0.15) is 45.4 Å². The number of amides is 1. The normalized spacial score (nSPS) is 20.5. The van der Waals surface area contributed by atoms with Gasteiger partial charge >= 0.3 is 0 Å². The highest BCUT2D eigenvalue weighted by Gasteiger charge is 2.23. The number of hydrogen-bond acceptors (Lipinski definition) is 3. The Morgan fingerprint density at radius 3 is 2.62 bits per heavy atom. The van der Waals surface area contributed by atoms with Crippen molar-refractivity contribution < 1.29 is 9.90 Å². The lowest BCUT2D eigenvalue weighted by Gasteiger charge is -2.32. The molecule has 1 heterocycles. The lowest BCUT2D eigenvalue weighted by Crippen LogP contribution is -2.46. The van der Waals surface area contributed by atoms with Gasteiger partial charge in [0.25, 0.3) is 0 Å². The lowest BCUT2D eigenvalue weighted by molar-refractivity contribution is -0.121. The molecule has 0 spiro atoms.